The second-order valence-electron chi connectivity index (χ2n) is 4.98. The molecule has 14 heavy (non-hydrogen) atoms. The molecule has 1 fully saturated rings. The predicted molar refractivity (Wildman–Crippen MR) is 59.8 cm³/mol. The Kier molecular flexibility index (Phi) is 3.98. The molecule has 0 unspecified atom stereocenters. The van der Waals surface area contributed by atoms with Gasteiger partial charge in [-0.3, -0.25) is 0 Å². The quantitative estimate of drug-likeness (QED) is 0.719. The highest BCUT2D eigenvalue weighted by Crippen LogP contribution is 2.17. The second-order valence-corrected chi connectivity index (χ2v) is 9.41. The zero-order valence-corrected chi connectivity index (χ0v) is 10.4. The van der Waals surface area contributed by atoms with Crippen LogP contribution in [0.4, 0.5) is 4.79 Å². The number of hydrogen-bond acceptors (Lipinski definition) is 2. The van der Waals surface area contributed by atoms with Crippen LogP contribution in [0.3, 0.4) is 0 Å². The molecule has 1 N–H and O–H groups in total. The molecule has 0 aromatic heterocycles. The summed E-state index contributed by atoms with van der Waals surface area (Å²) in [5.74, 6) is 0. The van der Waals surface area contributed by atoms with Crippen LogP contribution in [0.1, 0.15) is 32.1 Å². The molecule has 0 aromatic rings. The summed E-state index contributed by atoms with van der Waals surface area (Å²) in [6.07, 6.45) is 5.79. The van der Waals surface area contributed by atoms with Crippen LogP contribution in [0.2, 0.25) is 19.6 Å². The third-order valence-corrected chi connectivity index (χ3v) is 3.12. The largest absolute Gasteiger partial charge is 0.504 e. The van der Waals surface area contributed by atoms with Crippen molar-refractivity contribution in [2.45, 2.75) is 57.8 Å². The SMILES string of the molecule is C[Si](C)(C)OC(=O)NC1CCCCC1. The Balaban J connectivity index is 2.25. The molecule has 82 valence electrons. The van der Waals surface area contributed by atoms with Gasteiger partial charge in [0.2, 0.25) is 8.32 Å². The summed E-state index contributed by atoms with van der Waals surface area (Å²) in [4.78, 5) is 11.4. The smallest absolute Gasteiger partial charge is 0.393 e. The Hall–Kier alpha value is -0.513. The van der Waals surface area contributed by atoms with Crippen LogP contribution in [0.25, 0.3) is 0 Å². The molecule has 1 amide bonds. The summed E-state index contributed by atoms with van der Waals surface area (Å²) in [5.41, 5.74) is 0. The molecule has 3 nitrogen and oxygen atoms in total. The molecule has 0 saturated heterocycles. The van der Waals surface area contributed by atoms with Gasteiger partial charge in [0.15, 0.2) is 0 Å². The average Bonchev–Trinajstić information content (AvgIpc) is 2.02. The first-order chi connectivity index (χ1) is 6.47. The van der Waals surface area contributed by atoms with E-state index in [9.17, 15) is 4.79 Å². The lowest BCUT2D eigenvalue weighted by Gasteiger charge is -2.25. The molecule has 1 rings (SSSR count). The fourth-order valence-corrected chi connectivity index (χ4v) is 2.34. The first-order valence-corrected chi connectivity index (χ1v) is 8.88. The third-order valence-electron chi connectivity index (χ3n) is 2.33. The second kappa shape index (κ2) is 4.82. The van der Waals surface area contributed by atoms with E-state index in [2.05, 4.69) is 5.32 Å². The van der Waals surface area contributed by atoms with E-state index in [4.69, 9.17) is 4.43 Å². The topological polar surface area (TPSA) is 38.3 Å². The molecule has 0 spiro atoms. The molecular weight excluding hydrogens is 194 g/mol. The lowest BCUT2D eigenvalue weighted by Crippen LogP contribution is -2.41. The number of amides is 1. The lowest BCUT2D eigenvalue weighted by atomic mass is 9.96. The number of rotatable bonds is 2. The average molecular weight is 215 g/mol. The van der Waals surface area contributed by atoms with Crippen LogP contribution < -0.4 is 5.32 Å². The van der Waals surface area contributed by atoms with E-state index in [0.29, 0.717) is 6.04 Å². The van der Waals surface area contributed by atoms with Crippen molar-refractivity contribution in [3.63, 3.8) is 0 Å². The van der Waals surface area contributed by atoms with Crippen molar-refractivity contribution >= 4 is 14.4 Å². The first-order valence-electron chi connectivity index (χ1n) is 5.47. The minimum Gasteiger partial charge on any atom is -0.504 e. The molecule has 4 heteroatoms. The molecule has 0 heterocycles. The fourth-order valence-electron chi connectivity index (χ4n) is 1.72. The summed E-state index contributed by atoms with van der Waals surface area (Å²) in [7, 11) is -1.72. The van der Waals surface area contributed by atoms with Gasteiger partial charge in [-0.25, -0.2) is 4.79 Å². The van der Waals surface area contributed by atoms with Crippen molar-refractivity contribution in [1.29, 1.82) is 0 Å². The maximum Gasteiger partial charge on any atom is 0.393 e. The van der Waals surface area contributed by atoms with Crippen LogP contribution in [0.5, 0.6) is 0 Å². The summed E-state index contributed by atoms with van der Waals surface area (Å²) >= 11 is 0. The number of carbonyl (C=O) groups is 1. The van der Waals surface area contributed by atoms with E-state index < -0.39 is 8.32 Å². The first kappa shape index (κ1) is 11.6. The minimum atomic E-state index is -1.72. The highest BCUT2D eigenvalue weighted by Gasteiger charge is 2.22. The minimum absolute atomic E-state index is 0.212. The molecule has 0 radical (unpaired) electrons. The Morgan fingerprint density at radius 2 is 1.79 bits per heavy atom. The summed E-state index contributed by atoms with van der Waals surface area (Å²) in [5, 5.41) is 2.95. The van der Waals surface area contributed by atoms with Crippen molar-refractivity contribution < 1.29 is 9.22 Å². The van der Waals surface area contributed by atoms with Gasteiger partial charge in [-0.1, -0.05) is 19.3 Å². The van der Waals surface area contributed by atoms with Gasteiger partial charge in [-0.2, -0.15) is 0 Å². The van der Waals surface area contributed by atoms with Crippen molar-refractivity contribution in [2.24, 2.45) is 0 Å². The van der Waals surface area contributed by atoms with Gasteiger partial charge in [-0.05, 0) is 32.5 Å². The van der Waals surface area contributed by atoms with Gasteiger partial charge in [0.05, 0.1) is 0 Å². The zero-order valence-electron chi connectivity index (χ0n) is 9.43. The summed E-state index contributed by atoms with van der Waals surface area (Å²) < 4.78 is 5.33. The summed E-state index contributed by atoms with van der Waals surface area (Å²) in [6.45, 7) is 6.06. The van der Waals surface area contributed by atoms with E-state index in [1.54, 1.807) is 0 Å². The van der Waals surface area contributed by atoms with Gasteiger partial charge in [0, 0.05) is 6.04 Å². The van der Waals surface area contributed by atoms with Gasteiger partial charge < -0.3 is 9.74 Å². The standard InChI is InChI=1S/C10H21NO2Si/c1-14(2,3)13-10(12)11-9-7-5-4-6-8-9/h9H,4-8H2,1-3H3,(H,11,12). The van der Waals surface area contributed by atoms with Gasteiger partial charge in [0.25, 0.3) is 0 Å². The van der Waals surface area contributed by atoms with Crippen molar-refractivity contribution in [3.05, 3.63) is 0 Å². The van der Waals surface area contributed by atoms with E-state index in [1.807, 2.05) is 19.6 Å². The van der Waals surface area contributed by atoms with Crippen LogP contribution in [-0.2, 0) is 4.43 Å². The monoisotopic (exact) mass is 215 g/mol. The Labute approximate surface area is 87.3 Å². The van der Waals surface area contributed by atoms with Gasteiger partial charge in [0.1, 0.15) is 0 Å². The molecule has 1 saturated carbocycles. The van der Waals surface area contributed by atoms with Crippen molar-refractivity contribution in [1.82, 2.24) is 5.32 Å². The van der Waals surface area contributed by atoms with Crippen LogP contribution >= 0.6 is 0 Å². The van der Waals surface area contributed by atoms with Crippen LogP contribution in [0.15, 0.2) is 0 Å². The highest BCUT2D eigenvalue weighted by molar-refractivity contribution is 6.71. The van der Waals surface area contributed by atoms with Crippen molar-refractivity contribution in [2.75, 3.05) is 0 Å². The molecule has 1 aliphatic carbocycles. The van der Waals surface area contributed by atoms with Crippen LogP contribution in [-0.4, -0.2) is 20.5 Å². The van der Waals surface area contributed by atoms with Gasteiger partial charge >= 0.3 is 6.09 Å². The molecule has 0 aliphatic heterocycles. The zero-order chi connectivity index (χ0) is 10.6. The number of hydrogen-bond donors (Lipinski definition) is 1. The normalized spacial score (nSPS) is 19.1. The van der Waals surface area contributed by atoms with Crippen molar-refractivity contribution in [3.8, 4) is 0 Å². The van der Waals surface area contributed by atoms with E-state index in [1.165, 1.54) is 19.3 Å². The maximum atomic E-state index is 11.4. The van der Waals surface area contributed by atoms with Crippen LogP contribution in [0, 0.1) is 0 Å². The highest BCUT2D eigenvalue weighted by atomic mass is 28.4. The van der Waals surface area contributed by atoms with E-state index in [-0.39, 0.29) is 6.09 Å². The Bertz CT molecular complexity index is 195. The molecule has 0 aromatic carbocycles. The molecule has 0 bridgehead atoms. The van der Waals surface area contributed by atoms with Gasteiger partial charge in [-0.15, -0.1) is 0 Å². The molecule has 1 aliphatic rings. The van der Waals surface area contributed by atoms with E-state index in [0.717, 1.165) is 12.8 Å². The lowest BCUT2D eigenvalue weighted by molar-refractivity contribution is 0.190. The Morgan fingerprint density at radius 1 is 1.21 bits per heavy atom. The maximum absolute atomic E-state index is 11.4. The molecule has 0 atom stereocenters. The number of nitrogens with one attached hydrogen (secondary N) is 1. The summed E-state index contributed by atoms with van der Waals surface area (Å²) in [6, 6.07) is 0.354. The number of carbonyl (C=O) groups excluding carboxylic acids is 1. The van der Waals surface area contributed by atoms with E-state index >= 15 is 0 Å². The molecular formula is C10H21NO2Si. The third kappa shape index (κ3) is 4.65. The fraction of sp³-hybridized carbons (Fsp3) is 0.900. The Morgan fingerprint density at radius 3 is 2.29 bits per heavy atom. The predicted octanol–water partition coefficient (Wildman–Crippen LogP) is 2.88.